The Kier molecular flexibility index (Phi) is 4.32. The zero-order valence-corrected chi connectivity index (χ0v) is 10.6. The van der Waals surface area contributed by atoms with Gasteiger partial charge in [0.1, 0.15) is 6.29 Å². The van der Waals surface area contributed by atoms with Gasteiger partial charge in [-0.05, 0) is 29.2 Å². The summed E-state index contributed by atoms with van der Waals surface area (Å²) in [6.07, 6.45) is 2.95. The number of carbonyl (C=O) groups excluding carboxylic acids is 1. The standard InChI is InChI=1S/C16H13ClO/c17-16(10-11-18)15-8-6-14(7-9-15)12-13-4-2-1-3-5-13/h1-11H,12H2. The fourth-order valence-corrected chi connectivity index (χ4v) is 1.95. The molecule has 0 N–H and O–H groups in total. The van der Waals surface area contributed by atoms with Crippen molar-refractivity contribution in [1.29, 1.82) is 0 Å². The van der Waals surface area contributed by atoms with E-state index in [4.69, 9.17) is 11.6 Å². The minimum Gasteiger partial charge on any atom is -0.299 e. The molecule has 0 aromatic heterocycles. The van der Waals surface area contributed by atoms with Crippen LogP contribution in [0.5, 0.6) is 0 Å². The lowest BCUT2D eigenvalue weighted by atomic mass is 10.0. The third-order valence-electron chi connectivity index (χ3n) is 2.70. The van der Waals surface area contributed by atoms with Gasteiger partial charge in [0, 0.05) is 0 Å². The second-order valence-corrected chi connectivity index (χ2v) is 4.42. The number of benzene rings is 2. The van der Waals surface area contributed by atoms with E-state index in [-0.39, 0.29) is 0 Å². The molecule has 90 valence electrons. The number of hydrogen-bond acceptors (Lipinski definition) is 1. The van der Waals surface area contributed by atoms with E-state index < -0.39 is 0 Å². The molecule has 2 aromatic carbocycles. The van der Waals surface area contributed by atoms with E-state index in [1.54, 1.807) is 0 Å². The van der Waals surface area contributed by atoms with E-state index in [0.29, 0.717) is 11.3 Å². The minimum absolute atomic E-state index is 0.469. The highest BCUT2D eigenvalue weighted by molar-refractivity contribution is 6.49. The van der Waals surface area contributed by atoms with E-state index in [0.717, 1.165) is 12.0 Å². The first-order valence-corrected chi connectivity index (χ1v) is 6.11. The number of carbonyl (C=O) groups is 1. The second-order valence-electron chi connectivity index (χ2n) is 4.01. The van der Waals surface area contributed by atoms with Crippen LogP contribution < -0.4 is 0 Å². The smallest absolute Gasteiger partial charge is 0.144 e. The molecule has 0 fully saturated rings. The summed E-state index contributed by atoms with van der Waals surface area (Å²) in [6, 6.07) is 18.2. The zero-order chi connectivity index (χ0) is 12.8. The SMILES string of the molecule is O=CC=C(Cl)c1ccc(Cc2ccccc2)cc1. The molecule has 0 spiro atoms. The van der Waals surface area contributed by atoms with Crippen LogP contribution in [-0.2, 0) is 11.2 Å². The van der Waals surface area contributed by atoms with Crippen molar-refractivity contribution in [3.8, 4) is 0 Å². The molecule has 0 unspecified atom stereocenters. The molecule has 1 nitrogen and oxygen atoms in total. The Morgan fingerprint density at radius 2 is 1.56 bits per heavy atom. The quantitative estimate of drug-likeness (QED) is 0.596. The lowest BCUT2D eigenvalue weighted by Gasteiger charge is -2.03. The summed E-state index contributed by atoms with van der Waals surface area (Å²) in [5.41, 5.74) is 3.36. The molecule has 18 heavy (non-hydrogen) atoms. The average Bonchev–Trinajstić information content (AvgIpc) is 2.41. The molecule has 0 aliphatic heterocycles. The molecule has 0 amide bonds. The zero-order valence-electron chi connectivity index (χ0n) is 9.84. The Labute approximate surface area is 112 Å². The van der Waals surface area contributed by atoms with Crippen molar-refractivity contribution in [2.24, 2.45) is 0 Å². The molecule has 0 atom stereocenters. The van der Waals surface area contributed by atoms with Gasteiger partial charge in [-0.25, -0.2) is 0 Å². The monoisotopic (exact) mass is 256 g/mol. The maximum absolute atomic E-state index is 10.3. The Morgan fingerprint density at radius 3 is 2.17 bits per heavy atom. The van der Waals surface area contributed by atoms with Crippen molar-refractivity contribution in [2.45, 2.75) is 6.42 Å². The molecule has 0 aliphatic carbocycles. The van der Waals surface area contributed by atoms with Crippen LogP contribution in [0.3, 0.4) is 0 Å². The Balaban J connectivity index is 2.13. The first-order chi connectivity index (χ1) is 8.79. The van der Waals surface area contributed by atoms with E-state index in [1.165, 1.54) is 17.2 Å². The van der Waals surface area contributed by atoms with Gasteiger partial charge in [-0.2, -0.15) is 0 Å². The molecule has 0 heterocycles. The van der Waals surface area contributed by atoms with Crippen molar-refractivity contribution in [1.82, 2.24) is 0 Å². The lowest BCUT2D eigenvalue weighted by molar-refractivity contribution is -0.104. The van der Waals surface area contributed by atoms with Crippen LogP contribution >= 0.6 is 11.6 Å². The maximum Gasteiger partial charge on any atom is 0.144 e. The van der Waals surface area contributed by atoms with Gasteiger partial charge in [0.15, 0.2) is 0 Å². The van der Waals surface area contributed by atoms with Crippen LogP contribution in [0.4, 0.5) is 0 Å². The van der Waals surface area contributed by atoms with Gasteiger partial charge in [0.2, 0.25) is 0 Å². The molecule has 0 bridgehead atoms. The topological polar surface area (TPSA) is 17.1 Å². The molecule has 0 aliphatic rings. The number of halogens is 1. The predicted octanol–water partition coefficient (Wildman–Crippen LogP) is 4.06. The fourth-order valence-electron chi connectivity index (χ4n) is 1.77. The van der Waals surface area contributed by atoms with E-state index in [9.17, 15) is 4.79 Å². The summed E-state index contributed by atoms with van der Waals surface area (Å²) in [6.45, 7) is 0. The van der Waals surface area contributed by atoms with Crippen molar-refractivity contribution < 1.29 is 4.79 Å². The molecule has 0 radical (unpaired) electrons. The van der Waals surface area contributed by atoms with Gasteiger partial charge in [-0.1, -0.05) is 66.2 Å². The normalized spacial score (nSPS) is 11.3. The van der Waals surface area contributed by atoms with Crippen LogP contribution in [0, 0.1) is 0 Å². The first kappa shape index (κ1) is 12.6. The molecular weight excluding hydrogens is 244 g/mol. The van der Waals surface area contributed by atoms with Crippen molar-refractivity contribution in [2.75, 3.05) is 0 Å². The Hall–Kier alpha value is -1.86. The van der Waals surface area contributed by atoms with Gasteiger partial charge >= 0.3 is 0 Å². The van der Waals surface area contributed by atoms with Crippen LogP contribution in [-0.4, -0.2) is 6.29 Å². The Morgan fingerprint density at radius 1 is 0.944 bits per heavy atom. The molecule has 0 saturated carbocycles. The van der Waals surface area contributed by atoms with Gasteiger partial charge < -0.3 is 0 Å². The van der Waals surface area contributed by atoms with Crippen LogP contribution in [0.25, 0.3) is 5.03 Å². The van der Waals surface area contributed by atoms with E-state index in [1.807, 2.05) is 42.5 Å². The Bertz CT molecular complexity index is 541. The fraction of sp³-hybridized carbons (Fsp3) is 0.0625. The predicted molar refractivity (Wildman–Crippen MR) is 75.6 cm³/mol. The average molecular weight is 257 g/mol. The summed E-state index contributed by atoms with van der Waals surface area (Å²) < 4.78 is 0. The number of rotatable bonds is 4. The van der Waals surface area contributed by atoms with Crippen molar-refractivity contribution in [3.63, 3.8) is 0 Å². The van der Waals surface area contributed by atoms with Crippen molar-refractivity contribution >= 4 is 22.9 Å². The highest BCUT2D eigenvalue weighted by Gasteiger charge is 1.99. The van der Waals surface area contributed by atoms with Gasteiger partial charge in [-0.15, -0.1) is 0 Å². The molecule has 0 saturated heterocycles. The highest BCUT2D eigenvalue weighted by Crippen LogP contribution is 2.19. The largest absolute Gasteiger partial charge is 0.299 e. The maximum atomic E-state index is 10.3. The molecular formula is C16H13ClO. The van der Waals surface area contributed by atoms with E-state index in [2.05, 4.69) is 12.1 Å². The summed E-state index contributed by atoms with van der Waals surface area (Å²) in [7, 11) is 0. The third kappa shape index (κ3) is 3.31. The summed E-state index contributed by atoms with van der Waals surface area (Å²) >= 11 is 5.95. The summed E-state index contributed by atoms with van der Waals surface area (Å²) in [5.74, 6) is 0. The molecule has 2 rings (SSSR count). The second kappa shape index (κ2) is 6.18. The van der Waals surface area contributed by atoms with Crippen molar-refractivity contribution in [3.05, 3.63) is 77.4 Å². The lowest BCUT2D eigenvalue weighted by Crippen LogP contribution is -1.88. The minimum atomic E-state index is 0.469. The van der Waals surface area contributed by atoms with Crippen LogP contribution in [0.15, 0.2) is 60.7 Å². The van der Waals surface area contributed by atoms with Crippen LogP contribution in [0.2, 0.25) is 0 Å². The summed E-state index contributed by atoms with van der Waals surface area (Å²) in [4.78, 5) is 10.3. The molecule has 2 aromatic rings. The van der Waals surface area contributed by atoms with Crippen LogP contribution in [0.1, 0.15) is 16.7 Å². The number of aldehydes is 1. The number of hydrogen-bond donors (Lipinski definition) is 0. The first-order valence-electron chi connectivity index (χ1n) is 5.74. The number of allylic oxidation sites excluding steroid dienone is 1. The van der Waals surface area contributed by atoms with Gasteiger partial charge in [-0.3, -0.25) is 4.79 Å². The third-order valence-corrected chi connectivity index (χ3v) is 3.04. The van der Waals surface area contributed by atoms with Gasteiger partial charge in [0.25, 0.3) is 0 Å². The highest BCUT2D eigenvalue weighted by atomic mass is 35.5. The molecule has 2 heteroatoms. The van der Waals surface area contributed by atoms with Gasteiger partial charge in [0.05, 0.1) is 5.03 Å². The van der Waals surface area contributed by atoms with E-state index >= 15 is 0 Å². The summed E-state index contributed by atoms with van der Waals surface area (Å²) in [5, 5.41) is 0.469.